The van der Waals surface area contributed by atoms with Crippen molar-refractivity contribution in [2.45, 2.75) is 0 Å². The molecule has 0 atom stereocenters. The molecule has 5 aromatic heterocycles. The lowest BCUT2D eigenvalue weighted by Crippen LogP contribution is -2.10. The average molecular weight is 895 g/mol. The van der Waals surface area contributed by atoms with E-state index in [0.717, 1.165) is 110 Å². The third kappa shape index (κ3) is 5.72. The lowest BCUT2D eigenvalue weighted by Gasteiger charge is -2.17. The first-order valence-corrected chi connectivity index (χ1v) is 23.6. The van der Waals surface area contributed by atoms with Crippen molar-refractivity contribution in [1.82, 2.24) is 28.7 Å². The van der Waals surface area contributed by atoms with Crippen molar-refractivity contribution >= 4 is 87.4 Å². The molecule has 0 amide bonds. The average Bonchev–Trinajstić information content (AvgIpc) is 4.17. The van der Waals surface area contributed by atoms with E-state index >= 15 is 0 Å². The van der Waals surface area contributed by atoms with Crippen LogP contribution in [0.15, 0.2) is 235 Å². The standard InChI is InChI=1S/C63H38N6O/c1-9-25-52(67-53-26-10-2-18-44(53)45-19-3-11-27-54(45)67)43(17-1)41-35-40(39-33-34-60-51(38-39)50-24-8-16-32-59(50)70-60)36-42(37-41)61-64-62(68-55-28-12-4-20-46(55)47-21-5-13-29-56(47)68)66-63(65-61)69-57-30-14-6-22-48(57)49-23-7-15-31-58(49)69/h1-38H. The molecule has 7 nitrogen and oxygen atoms in total. The van der Waals surface area contributed by atoms with Crippen molar-refractivity contribution in [1.29, 1.82) is 0 Å². The van der Waals surface area contributed by atoms with Crippen molar-refractivity contribution in [3.05, 3.63) is 231 Å². The highest BCUT2D eigenvalue weighted by Gasteiger charge is 2.23. The first kappa shape index (κ1) is 38.5. The Labute approximate surface area is 400 Å². The van der Waals surface area contributed by atoms with Crippen LogP contribution in [0.1, 0.15) is 0 Å². The van der Waals surface area contributed by atoms with Gasteiger partial charge in [-0.1, -0.05) is 152 Å². The molecule has 5 heterocycles. The Morgan fingerprint density at radius 2 is 0.671 bits per heavy atom. The molecule has 0 saturated heterocycles. The highest BCUT2D eigenvalue weighted by molar-refractivity contribution is 6.12. The molecule has 0 radical (unpaired) electrons. The lowest BCUT2D eigenvalue weighted by molar-refractivity contribution is 0.669. The second-order valence-corrected chi connectivity index (χ2v) is 18.0. The van der Waals surface area contributed by atoms with Crippen LogP contribution < -0.4 is 0 Å². The first-order chi connectivity index (χ1) is 34.7. The van der Waals surface area contributed by atoms with Crippen molar-refractivity contribution < 1.29 is 4.42 Å². The van der Waals surface area contributed by atoms with E-state index in [1.807, 2.05) is 12.1 Å². The van der Waals surface area contributed by atoms with E-state index in [9.17, 15) is 0 Å². The van der Waals surface area contributed by atoms with Crippen molar-refractivity contribution in [3.63, 3.8) is 0 Å². The minimum atomic E-state index is 0.531. The molecule has 0 fully saturated rings. The van der Waals surface area contributed by atoms with Crippen molar-refractivity contribution in [3.8, 4) is 51.2 Å². The fourth-order valence-electron chi connectivity index (χ4n) is 11.0. The van der Waals surface area contributed by atoms with Crippen LogP contribution in [0.4, 0.5) is 0 Å². The summed E-state index contributed by atoms with van der Waals surface area (Å²) in [6, 6.07) is 81.6. The van der Waals surface area contributed by atoms with Crippen LogP contribution in [0.25, 0.3) is 139 Å². The molecule has 70 heavy (non-hydrogen) atoms. The summed E-state index contributed by atoms with van der Waals surface area (Å²) in [7, 11) is 0. The quantitative estimate of drug-likeness (QED) is 0.167. The summed E-state index contributed by atoms with van der Waals surface area (Å²) >= 11 is 0. The highest BCUT2D eigenvalue weighted by Crippen LogP contribution is 2.41. The molecular formula is C63H38N6O. The number of benzene rings is 10. The van der Waals surface area contributed by atoms with Crippen LogP contribution in [0, 0.1) is 0 Å². The van der Waals surface area contributed by atoms with Gasteiger partial charge >= 0.3 is 0 Å². The number of nitrogens with zero attached hydrogens (tertiary/aromatic N) is 6. The molecule has 0 bridgehead atoms. The van der Waals surface area contributed by atoms with Crippen molar-refractivity contribution in [2.24, 2.45) is 0 Å². The normalized spacial score (nSPS) is 12.0. The number of hydrogen-bond acceptors (Lipinski definition) is 4. The predicted molar refractivity (Wildman–Crippen MR) is 286 cm³/mol. The number of aromatic nitrogens is 6. The van der Waals surface area contributed by atoms with Gasteiger partial charge in [0, 0.05) is 54.2 Å². The Morgan fingerprint density at radius 3 is 1.20 bits per heavy atom. The van der Waals surface area contributed by atoms with Crippen LogP contribution in [-0.4, -0.2) is 28.7 Å². The largest absolute Gasteiger partial charge is 0.456 e. The second kappa shape index (κ2) is 15.0. The fraction of sp³-hybridized carbons (Fsp3) is 0. The molecule has 0 aliphatic heterocycles. The molecule has 326 valence electrons. The van der Waals surface area contributed by atoms with Gasteiger partial charge < -0.3 is 8.98 Å². The number of rotatable bonds is 6. The molecule has 10 aromatic carbocycles. The van der Waals surface area contributed by atoms with Crippen LogP contribution in [0.5, 0.6) is 0 Å². The molecule has 0 aliphatic rings. The monoisotopic (exact) mass is 894 g/mol. The zero-order valence-corrected chi connectivity index (χ0v) is 37.5. The first-order valence-electron chi connectivity index (χ1n) is 23.6. The van der Waals surface area contributed by atoms with Gasteiger partial charge in [-0.3, -0.25) is 9.13 Å². The second-order valence-electron chi connectivity index (χ2n) is 18.0. The minimum absolute atomic E-state index is 0.531. The van der Waals surface area contributed by atoms with Crippen LogP contribution in [-0.2, 0) is 0 Å². The maximum atomic E-state index is 6.34. The van der Waals surface area contributed by atoms with E-state index in [1.165, 1.54) is 10.8 Å². The van der Waals surface area contributed by atoms with E-state index < -0.39 is 0 Å². The van der Waals surface area contributed by atoms with E-state index in [-0.39, 0.29) is 0 Å². The Balaban J connectivity index is 1.04. The maximum Gasteiger partial charge on any atom is 0.240 e. The predicted octanol–water partition coefficient (Wildman–Crippen LogP) is 16.1. The Kier molecular flexibility index (Phi) is 8.23. The van der Waals surface area contributed by atoms with Gasteiger partial charge in [-0.25, -0.2) is 0 Å². The highest BCUT2D eigenvalue weighted by atomic mass is 16.3. The number of para-hydroxylation sites is 8. The summed E-state index contributed by atoms with van der Waals surface area (Å²) < 4.78 is 13.1. The van der Waals surface area contributed by atoms with E-state index in [2.05, 4.69) is 232 Å². The number of furan rings is 1. The SMILES string of the molecule is c1ccc(-n2c3ccccc3c3ccccc32)c(-c2cc(-c3ccc4oc5ccccc5c4c3)cc(-c3nc(-n4c5ccccc5c5ccccc54)nc(-n4c5ccccc5c5ccccc54)n3)c2)c1. The molecule has 15 rings (SSSR count). The van der Waals surface area contributed by atoms with Gasteiger partial charge in [0.15, 0.2) is 5.82 Å². The molecule has 0 unspecified atom stereocenters. The maximum absolute atomic E-state index is 6.34. The summed E-state index contributed by atoms with van der Waals surface area (Å²) in [5, 5.41) is 9.09. The summed E-state index contributed by atoms with van der Waals surface area (Å²) in [6.45, 7) is 0. The molecule has 7 heteroatoms. The lowest BCUT2D eigenvalue weighted by atomic mass is 9.94. The Hall–Kier alpha value is -9.59. The van der Waals surface area contributed by atoms with Crippen LogP contribution >= 0.6 is 0 Å². The summed E-state index contributed by atoms with van der Waals surface area (Å²) in [4.78, 5) is 16.5. The summed E-state index contributed by atoms with van der Waals surface area (Å²) in [5.41, 5.74) is 14.2. The van der Waals surface area contributed by atoms with Gasteiger partial charge in [0.05, 0.1) is 38.8 Å². The molecule has 0 aliphatic carbocycles. The van der Waals surface area contributed by atoms with Gasteiger partial charge in [-0.2, -0.15) is 15.0 Å². The molecule has 15 aromatic rings. The Morgan fingerprint density at radius 1 is 0.271 bits per heavy atom. The van der Waals surface area contributed by atoms with Gasteiger partial charge in [-0.05, 0) is 95.6 Å². The van der Waals surface area contributed by atoms with Crippen LogP contribution in [0.3, 0.4) is 0 Å². The van der Waals surface area contributed by atoms with E-state index in [4.69, 9.17) is 19.4 Å². The van der Waals surface area contributed by atoms with Crippen LogP contribution in [0.2, 0.25) is 0 Å². The van der Waals surface area contributed by atoms with Gasteiger partial charge in [0.2, 0.25) is 11.9 Å². The minimum Gasteiger partial charge on any atom is -0.456 e. The number of hydrogen-bond donors (Lipinski definition) is 0. The van der Waals surface area contributed by atoms with Crippen molar-refractivity contribution in [2.75, 3.05) is 0 Å². The van der Waals surface area contributed by atoms with E-state index in [1.54, 1.807) is 0 Å². The molecule has 0 saturated carbocycles. The topological polar surface area (TPSA) is 66.6 Å². The van der Waals surface area contributed by atoms with Gasteiger partial charge in [0.25, 0.3) is 0 Å². The van der Waals surface area contributed by atoms with E-state index in [0.29, 0.717) is 17.7 Å². The third-order valence-electron chi connectivity index (χ3n) is 14.1. The molecule has 0 spiro atoms. The fourth-order valence-corrected chi connectivity index (χ4v) is 11.0. The summed E-state index contributed by atoms with van der Waals surface area (Å²) in [5.74, 6) is 1.61. The molecule has 0 N–H and O–H groups in total. The zero-order chi connectivity index (χ0) is 45.9. The smallest absolute Gasteiger partial charge is 0.240 e. The number of fused-ring (bicyclic) bond motifs is 12. The molecular weight excluding hydrogens is 857 g/mol. The van der Waals surface area contributed by atoms with Gasteiger partial charge in [0.1, 0.15) is 11.2 Å². The van der Waals surface area contributed by atoms with Gasteiger partial charge in [-0.15, -0.1) is 0 Å². The zero-order valence-electron chi connectivity index (χ0n) is 37.5. The third-order valence-corrected chi connectivity index (χ3v) is 14.1. The summed E-state index contributed by atoms with van der Waals surface area (Å²) in [6.07, 6.45) is 0. The Bertz CT molecular complexity index is 4330.